The average Bonchev–Trinajstić information content (AvgIpc) is 2.56. The monoisotopic (exact) mass is 315 g/mol. The predicted molar refractivity (Wildman–Crippen MR) is 88.5 cm³/mol. The van der Waals surface area contributed by atoms with E-state index in [4.69, 9.17) is 9.84 Å². The first-order valence-electron chi connectivity index (χ1n) is 7.73. The van der Waals surface area contributed by atoms with Crippen LogP contribution in [0.2, 0.25) is 0 Å². The number of carbonyl (C=O) groups is 2. The number of carbonyl (C=O) groups excluding carboxylic acids is 1. The predicted octanol–water partition coefficient (Wildman–Crippen LogP) is 3.11. The summed E-state index contributed by atoms with van der Waals surface area (Å²) in [6.07, 6.45) is 0.711. The molecule has 122 valence electrons. The third-order valence-electron chi connectivity index (χ3n) is 3.49. The molecule has 2 rings (SSSR count). The van der Waals surface area contributed by atoms with E-state index in [9.17, 15) is 9.59 Å². The second kappa shape index (κ2) is 8.17. The second-order valence-corrected chi connectivity index (χ2v) is 5.28. The van der Waals surface area contributed by atoms with Gasteiger partial charge in [0, 0.05) is 18.5 Å². The minimum Gasteiger partial charge on any atom is -0.493 e. The molecule has 2 aromatic rings. The summed E-state index contributed by atoms with van der Waals surface area (Å²) in [5.41, 5.74) is 0.917. The molecule has 2 aromatic carbocycles. The molecule has 0 bridgehead atoms. The zero-order chi connectivity index (χ0) is 16.7. The lowest BCUT2D eigenvalue weighted by Crippen LogP contribution is -2.23. The van der Waals surface area contributed by atoms with Gasteiger partial charge in [-0.15, -0.1) is 0 Å². The molecule has 0 atom stereocenters. The van der Waals surface area contributed by atoms with Crippen LogP contribution >= 0.6 is 0 Å². The van der Waals surface area contributed by atoms with E-state index in [0.717, 1.165) is 28.5 Å². The number of benzene rings is 2. The van der Waals surface area contributed by atoms with Crippen molar-refractivity contribution in [3.8, 4) is 5.75 Å². The van der Waals surface area contributed by atoms with E-state index in [1.165, 1.54) is 0 Å². The van der Waals surface area contributed by atoms with E-state index in [1.807, 2.05) is 43.3 Å². The first-order chi connectivity index (χ1) is 11.1. The summed E-state index contributed by atoms with van der Waals surface area (Å²) in [6, 6.07) is 11.8. The topological polar surface area (TPSA) is 75.6 Å². The number of rotatable bonds is 8. The molecule has 23 heavy (non-hydrogen) atoms. The number of hydrogen-bond acceptors (Lipinski definition) is 3. The highest BCUT2D eigenvalue weighted by Gasteiger charge is 2.11. The van der Waals surface area contributed by atoms with Crippen LogP contribution in [-0.2, 0) is 16.1 Å². The van der Waals surface area contributed by atoms with Crippen molar-refractivity contribution in [2.24, 2.45) is 0 Å². The number of aliphatic carboxylic acids is 1. The van der Waals surface area contributed by atoms with Crippen molar-refractivity contribution in [3.05, 3.63) is 42.0 Å². The van der Waals surface area contributed by atoms with Crippen LogP contribution in [0.5, 0.6) is 5.75 Å². The molecule has 0 heterocycles. The molecular weight excluding hydrogens is 294 g/mol. The molecule has 0 unspecified atom stereocenters. The van der Waals surface area contributed by atoms with Gasteiger partial charge >= 0.3 is 5.97 Å². The highest BCUT2D eigenvalue weighted by molar-refractivity contribution is 5.88. The summed E-state index contributed by atoms with van der Waals surface area (Å²) in [6.45, 7) is 2.96. The van der Waals surface area contributed by atoms with Gasteiger partial charge in [-0.25, -0.2) is 0 Å². The lowest BCUT2D eigenvalue weighted by molar-refractivity contribution is -0.138. The molecule has 5 heteroatoms. The Balaban J connectivity index is 2.18. The Morgan fingerprint density at radius 2 is 1.91 bits per heavy atom. The quantitative estimate of drug-likeness (QED) is 0.785. The van der Waals surface area contributed by atoms with Crippen LogP contribution in [0.1, 0.15) is 31.7 Å². The molecule has 1 amide bonds. The Kier molecular flexibility index (Phi) is 5.97. The van der Waals surface area contributed by atoms with Crippen LogP contribution in [0, 0.1) is 0 Å². The van der Waals surface area contributed by atoms with Gasteiger partial charge in [0.05, 0.1) is 13.0 Å². The van der Waals surface area contributed by atoms with Gasteiger partial charge in [0.1, 0.15) is 5.75 Å². The molecule has 5 nitrogen and oxygen atoms in total. The van der Waals surface area contributed by atoms with Gasteiger partial charge in [-0.1, -0.05) is 37.3 Å². The summed E-state index contributed by atoms with van der Waals surface area (Å²) in [5.74, 6) is -0.497. The normalized spacial score (nSPS) is 10.5. The van der Waals surface area contributed by atoms with Crippen molar-refractivity contribution in [1.82, 2.24) is 5.32 Å². The van der Waals surface area contributed by atoms with Crippen molar-refractivity contribution < 1.29 is 19.4 Å². The van der Waals surface area contributed by atoms with Crippen LogP contribution in [0.4, 0.5) is 0 Å². The Morgan fingerprint density at radius 3 is 2.65 bits per heavy atom. The van der Waals surface area contributed by atoms with Crippen LogP contribution in [0.15, 0.2) is 36.4 Å². The maximum absolute atomic E-state index is 11.8. The molecular formula is C18H21NO4. The molecule has 0 spiro atoms. The largest absolute Gasteiger partial charge is 0.493 e. The molecule has 0 aliphatic carbocycles. The van der Waals surface area contributed by atoms with E-state index >= 15 is 0 Å². The fourth-order valence-corrected chi connectivity index (χ4v) is 2.34. The highest BCUT2D eigenvalue weighted by atomic mass is 16.5. The minimum atomic E-state index is -0.975. The van der Waals surface area contributed by atoms with Gasteiger partial charge in [-0.3, -0.25) is 9.59 Å². The Morgan fingerprint density at radius 1 is 1.13 bits per heavy atom. The molecule has 0 aliphatic heterocycles. The first-order valence-corrected chi connectivity index (χ1v) is 7.73. The fraction of sp³-hybridized carbons (Fsp3) is 0.333. The SMILES string of the molecule is CCCOc1ccc2ccccc2c1CNC(=O)CCC(=O)O. The summed E-state index contributed by atoms with van der Waals surface area (Å²) < 4.78 is 5.78. The molecule has 2 N–H and O–H groups in total. The Bertz CT molecular complexity index is 696. The lowest BCUT2D eigenvalue weighted by Gasteiger charge is -2.14. The van der Waals surface area contributed by atoms with E-state index in [2.05, 4.69) is 5.32 Å². The van der Waals surface area contributed by atoms with Crippen LogP contribution in [-0.4, -0.2) is 23.6 Å². The number of hydrogen-bond donors (Lipinski definition) is 2. The number of ether oxygens (including phenoxy) is 1. The first kappa shape index (κ1) is 16.8. The van der Waals surface area contributed by atoms with Crippen molar-refractivity contribution >= 4 is 22.6 Å². The van der Waals surface area contributed by atoms with Crippen molar-refractivity contribution in [3.63, 3.8) is 0 Å². The summed E-state index contributed by atoms with van der Waals surface area (Å²) in [5, 5.41) is 13.5. The van der Waals surface area contributed by atoms with Crippen LogP contribution in [0.3, 0.4) is 0 Å². The fourth-order valence-electron chi connectivity index (χ4n) is 2.34. The van der Waals surface area contributed by atoms with Crippen molar-refractivity contribution in [2.75, 3.05) is 6.61 Å². The minimum absolute atomic E-state index is 0.0226. The van der Waals surface area contributed by atoms with Gasteiger partial charge in [-0.2, -0.15) is 0 Å². The van der Waals surface area contributed by atoms with Gasteiger partial charge in [0.25, 0.3) is 0 Å². The van der Waals surface area contributed by atoms with Crippen LogP contribution < -0.4 is 10.1 Å². The zero-order valence-electron chi connectivity index (χ0n) is 13.2. The maximum atomic E-state index is 11.8. The third kappa shape index (κ3) is 4.71. The third-order valence-corrected chi connectivity index (χ3v) is 3.49. The second-order valence-electron chi connectivity index (χ2n) is 5.28. The molecule has 0 radical (unpaired) electrons. The average molecular weight is 315 g/mol. The molecule has 0 aliphatic rings. The lowest BCUT2D eigenvalue weighted by atomic mass is 10.0. The Hall–Kier alpha value is -2.56. The molecule has 0 saturated heterocycles. The summed E-state index contributed by atoms with van der Waals surface area (Å²) in [7, 11) is 0. The van der Waals surface area contributed by atoms with E-state index in [0.29, 0.717) is 13.2 Å². The van der Waals surface area contributed by atoms with Gasteiger partial charge < -0.3 is 15.2 Å². The number of amides is 1. The van der Waals surface area contributed by atoms with E-state index < -0.39 is 5.97 Å². The van der Waals surface area contributed by atoms with Crippen LogP contribution in [0.25, 0.3) is 10.8 Å². The maximum Gasteiger partial charge on any atom is 0.303 e. The number of carboxylic acids is 1. The van der Waals surface area contributed by atoms with Crippen molar-refractivity contribution in [1.29, 1.82) is 0 Å². The number of nitrogens with one attached hydrogen (secondary N) is 1. The number of carboxylic acid groups (broad SMARTS) is 1. The molecule has 0 saturated carbocycles. The summed E-state index contributed by atoms with van der Waals surface area (Å²) >= 11 is 0. The Labute approximate surface area is 135 Å². The van der Waals surface area contributed by atoms with Crippen molar-refractivity contribution in [2.45, 2.75) is 32.7 Å². The van der Waals surface area contributed by atoms with E-state index in [1.54, 1.807) is 0 Å². The standard InChI is InChI=1S/C18H21NO4/c1-2-11-23-16-8-7-13-5-3-4-6-14(13)15(16)12-19-17(20)9-10-18(21)22/h3-8H,2,9-12H2,1H3,(H,19,20)(H,21,22). The summed E-state index contributed by atoms with van der Waals surface area (Å²) in [4.78, 5) is 22.3. The smallest absolute Gasteiger partial charge is 0.303 e. The highest BCUT2D eigenvalue weighted by Crippen LogP contribution is 2.28. The molecule has 0 aromatic heterocycles. The van der Waals surface area contributed by atoms with Gasteiger partial charge in [0.2, 0.25) is 5.91 Å². The molecule has 0 fully saturated rings. The van der Waals surface area contributed by atoms with Gasteiger partial charge in [-0.05, 0) is 23.3 Å². The number of fused-ring (bicyclic) bond motifs is 1. The van der Waals surface area contributed by atoms with Gasteiger partial charge in [0.15, 0.2) is 0 Å². The zero-order valence-corrected chi connectivity index (χ0v) is 13.2. The van der Waals surface area contributed by atoms with E-state index in [-0.39, 0.29) is 18.7 Å².